The summed E-state index contributed by atoms with van der Waals surface area (Å²) in [6.07, 6.45) is 1.85. The number of benzene rings is 2. The molecule has 0 saturated heterocycles. The van der Waals surface area contributed by atoms with Crippen molar-refractivity contribution in [3.8, 4) is 22.9 Å². The number of rotatable bonds is 5. The average Bonchev–Trinajstić information content (AvgIpc) is 2.94. The number of imidazole rings is 1. The standard InChI is InChI=1S/C18H17BrN2O2/c1-4-11-21-17-15(23-3)10-9-14(22-2)16(17)20-18(21)12-7-5-6-8-13(12)19/h4-10H,1,11H2,2-3H3. The number of fused-ring (bicyclic) bond motifs is 1. The molecule has 0 atom stereocenters. The van der Waals surface area contributed by atoms with Gasteiger partial charge in [0.25, 0.3) is 0 Å². The fourth-order valence-corrected chi connectivity index (χ4v) is 3.13. The molecule has 0 saturated carbocycles. The highest BCUT2D eigenvalue weighted by molar-refractivity contribution is 9.10. The van der Waals surface area contributed by atoms with Crippen molar-refractivity contribution >= 4 is 27.0 Å². The van der Waals surface area contributed by atoms with Gasteiger partial charge in [-0.2, -0.15) is 0 Å². The molecule has 0 radical (unpaired) electrons. The summed E-state index contributed by atoms with van der Waals surface area (Å²) in [4.78, 5) is 4.82. The minimum Gasteiger partial charge on any atom is -0.494 e. The maximum atomic E-state index is 5.53. The molecular formula is C18H17BrN2O2. The van der Waals surface area contributed by atoms with Gasteiger partial charge in [-0.15, -0.1) is 6.58 Å². The lowest BCUT2D eigenvalue weighted by Crippen LogP contribution is -2.00. The van der Waals surface area contributed by atoms with Crippen LogP contribution < -0.4 is 9.47 Å². The Labute approximate surface area is 143 Å². The van der Waals surface area contributed by atoms with Crippen molar-refractivity contribution < 1.29 is 9.47 Å². The highest BCUT2D eigenvalue weighted by atomic mass is 79.9. The molecule has 1 heterocycles. The van der Waals surface area contributed by atoms with Crippen LogP contribution >= 0.6 is 15.9 Å². The lowest BCUT2D eigenvalue weighted by molar-refractivity contribution is 0.409. The molecular weight excluding hydrogens is 356 g/mol. The smallest absolute Gasteiger partial charge is 0.146 e. The first-order chi connectivity index (χ1) is 11.2. The van der Waals surface area contributed by atoms with Crippen LogP contribution in [0, 0.1) is 0 Å². The molecule has 0 N–H and O–H groups in total. The maximum Gasteiger partial charge on any atom is 0.146 e. The van der Waals surface area contributed by atoms with Gasteiger partial charge in [0.05, 0.1) is 14.2 Å². The maximum absolute atomic E-state index is 5.53. The van der Waals surface area contributed by atoms with Gasteiger partial charge >= 0.3 is 0 Å². The number of aromatic nitrogens is 2. The molecule has 4 nitrogen and oxygen atoms in total. The largest absolute Gasteiger partial charge is 0.494 e. The molecule has 2 aromatic carbocycles. The van der Waals surface area contributed by atoms with Crippen molar-refractivity contribution in [2.45, 2.75) is 6.54 Å². The minimum atomic E-state index is 0.622. The van der Waals surface area contributed by atoms with Gasteiger partial charge in [-0.25, -0.2) is 4.98 Å². The Balaban J connectivity index is 2.40. The monoisotopic (exact) mass is 372 g/mol. The van der Waals surface area contributed by atoms with Gasteiger partial charge in [0, 0.05) is 16.6 Å². The summed E-state index contributed by atoms with van der Waals surface area (Å²) in [5, 5.41) is 0. The molecule has 0 aliphatic heterocycles. The molecule has 0 aliphatic rings. The van der Waals surface area contributed by atoms with E-state index in [9.17, 15) is 0 Å². The van der Waals surface area contributed by atoms with E-state index in [2.05, 4.69) is 27.1 Å². The molecule has 0 aliphatic carbocycles. The summed E-state index contributed by atoms with van der Waals surface area (Å²) in [5.41, 5.74) is 2.69. The van der Waals surface area contributed by atoms with E-state index in [1.54, 1.807) is 14.2 Å². The van der Waals surface area contributed by atoms with Gasteiger partial charge in [-0.05, 0) is 18.2 Å². The number of halogens is 1. The Morgan fingerprint density at radius 3 is 2.48 bits per heavy atom. The molecule has 3 rings (SSSR count). The van der Waals surface area contributed by atoms with Crippen LogP contribution in [-0.4, -0.2) is 23.8 Å². The van der Waals surface area contributed by atoms with E-state index in [0.29, 0.717) is 6.54 Å². The van der Waals surface area contributed by atoms with Crippen LogP contribution in [0.2, 0.25) is 0 Å². The Kier molecular flexibility index (Phi) is 4.39. The lowest BCUT2D eigenvalue weighted by atomic mass is 10.2. The van der Waals surface area contributed by atoms with E-state index in [0.717, 1.165) is 38.4 Å². The number of hydrogen-bond acceptors (Lipinski definition) is 3. The van der Waals surface area contributed by atoms with Gasteiger partial charge in [0.15, 0.2) is 0 Å². The molecule has 5 heteroatoms. The van der Waals surface area contributed by atoms with E-state index >= 15 is 0 Å². The number of ether oxygens (including phenoxy) is 2. The van der Waals surface area contributed by atoms with Gasteiger partial charge in [0.1, 0.15) is 28.4 Å². The summed E-state index contributed by atoms with van der Waals surface area (Å²) in [6, 6.07) is 11.8. The Bertz CT molecular complexity index is 871. The zero-order valence-corrected chi connectivity index (χ0v) is 14.6. The van der Waals surface area contributed by atoms with Crippen molar-refractivity contribution in [1.82, 2.24) is 9.55 Å². The summed E-state index contributed by atoms with van der Waals surface area (Å²) < 4.78 is 14.1. The molecule has 0 fully saturated rings. The van der Waals surface area contributed by atoms with Crippen LogP contribution in [0.4, 0.5) is 0 Å². The van der Waals surface area contributed by atoms with Crippen LogP contribution in [0.5, 0.6) is 11.5 Å². The van der Waals surface area contributed by atoms with Crippen LogP contribution in [-0.2, 0) is 6.54 Å². The topological polar surface area (TPSA) is 36.3 Å². The summed E-state index contributed by atoms with van der Waals surface area (Å²) >= 11 is 3.61. The molecule has 23 heavy (non-hydrogen) atoms. The molecule has 0 amide bonds. The van der Waals surface area contributed by atoms with Gasteiger partial charge in [-0.3, -0.25) is 0 Å². The van der Waals surface area contributed by atoms with E-state index in [1.165, 1.54) is 0 Å². The normalized spacial score (nSPS) is 10.7. The van der Waals surface area contributed by atoms with Crippen molar-refractivity contribution in [3.63, 3.8) is 0 Å². The Morgan fingerprint density at radius 1 is 1.13 bits per heavy atom. The third-order valence-electron chi connectivity index (χ3n) is 3.69. The van der Waals surface area contributed by atoms with E-state index in [-0.39, 0.29) is 0 Å². The van der Waals surface area contributed by atoms with Gasteiger partial charge in [-0.1, -0.05) is 40.2 Å². The zero-order chi connectivity index (χ0) is 16.4. The molecule has 3 aromatic rings. The second-order valence-electron chi connectivity index (χ2n) is 4.98. The number of nitrogens with zero attached hydrogens (tertiary/aromatic N) is 2. The lowest BCUT2D eigenvalue weighted by Gasteiger charge is -2.10. The predicted molar refractivity (Wildman–Crippen MR) is 96.2 cm³/mol. The number of hydrogen-bond donors (Lipinski definition) is 0. The molecule has 118 valence electrons. The molecule has 0 spiro atoms. The first kappa shape index (κ1) is 15.6. The molecule has 0 unspecified atom stereocenters. The fraction of sp³-hybridized carbons (Fsp3) is 0.167. The quantitative estimate of drug-likeness (QED) is 0.610. The third kappa shape index (κ3) is 2.61. The van der Waals surface area contributed by atoms with Crippen molar-refractivity contribution in [3.05, 3.63) is 53.5 Å². The first-order valence-corrected chi connectivity index (χ1v) is 7.97. The number of methoxy groups -OCH3 is 2. The summed E-state index contributed by atoms with van der Waals surface area (Å²) in [7, 11) is 3.30. The Hall–Kier alpha value is -2.27. The predicted octanol–water partition coefficient (Wildman–Crippen LogP) is 4.67. The summed E-state index contributed by atoms with van der Waals surface area (Å²) in [6.45, 7) is 4.49. The SMILES string of the molecule is C=CCn1c(-c2ccccc2Br)nc2c(OC)ccc(OC)c21. The third-order valence-corrected chi connectivity index (χ3v) is 4.38. The highest BCUT2D eigenvalue weighted by Crippen LogP contribution is 2.38. The zero-order valence-electron chi connectivity index (χ0n) is 13.0. The van der Waals surface area contributed by atoms with Crippen molar-refractivity contribution in [2.24, 2.45) is 0 Å². The van der Waals surface area contributed by atoms with Crippen LogP contribution in [0.15, 0.2) is 53.5 Å². The average molecular weight is 373 g/mol. The minimum absolute atomic E-state index is 0.622. The van der Waals surface area contributed by atoms with Crippen LogP contribution in [0.25, 0.3) is 22.4 Å². The van der Waals surface area contributed by atoms with Crippen molar-refractivity contribution in [1.29, 1.82) is 0 Å². The van der Waals surface area contributed by atoms with Crippen molar-refractivity contribution in [2.75, 3.05) is 14.2 Å². The second kappa shape index (κ2) is 6.46. The summed E-state index contributed by atoms with van der Waals surface area (Å²) in [5.74, 6) is 2.32. The Morgan fingerprint density at radius 2 is 1.83 bits per heavy atom. The van der Waals surface area contributed by atoms with Crippen LogP contribution in [0.3, 0.4) is 0 Å². The second-order valence-corrected chi connectivity index (χ2v) is 5.84. The van der Waals surface area contributed by atoms with Crippen LogP contribution in [0.1, 0.15) is 0 Å². The fourth-order valence-electron chi connectivity index (χ4n) is 2.67. The van der Waals surface area contributed by atoms with Gasteiger partial charge < -0.3 is 14.0 Å². The van der Waals surface area contributed by atoms with E-state index < -0.39 is 0 Å². The first-order valence-electron chi connectivity index (χ1n) is 7.18. The van der Waals surface area contributed by atoms with E-state index in [4.69, 9.17) is 14.5 Å². The van der Waals surface area contributed by atoms with E-state index in [1.807, 2.05) is 42.5 Å². The highest BCUT2D eigenvalue weighted by Gasteiger charge is 2.20. The van der Waals surface area contributed by atoms with Gasteiger partial charge in [0.2, 0.25) is 0 Å². The number of allylic oxidation sites excluding steroid dienone is 1. The molecule has 0 bridgehead atoms. The molecule has 1 aromatic heterocycles.